The number of nitrogens with two attached hydrogens (primary N) is 1. The lowest BCUT2D eigenvalue weighted by atomic mass is 9.87. The first kappa shape index (κ1) is 14.3. The minimum Gasteiger partial charge on any atom is -0.340 e. The summed E-state index contributed by atoms with van der Waals surface area (Å²) < 4.78 is 0. The van der Waals surface area contributed by atoms with Gasteiger partial charge in [-0.15, -0.1) is 0 Å². The number of benzene rings is 1. The van der Waals surface area contributed by atoms with E-state index in [2.05, 4.69) is 65.7 Å². The lowest BCUT2D eigenvalue weighted by Crippen LogP contribution is -2.12. The first-order chi connectivity index (χ1) is 9.40. The summed E-state index contributed by atoms with van der Waals surface area (Å²) >= 11 is 0. The van der Waals surface area contributed by atoms with Crippen LogP contribution in [0.25, 0.3) is 0 Å². The zero-order valence-electron chi connectivity index (χ0n) is 12.4. The largest absolute Gasteiger partial charge is 0.340 e. The van der Waals surface area contributed by atoms with E-state index in [1.165, 1.54) is 5.56 Å². The van der Waals surface area contributed by atoms with Gasteiger partial charge in [0.15, 0.2) is 0 Å². The minimum atomic E-state index is 0.153. The van der Waals surface area contributed by atoms with Crippen molar-refractivity contribution in [2.45, 2.75) is 33.1 Å². The maximum atomic E-state index is 5.33. The van der Waals surface area contributed by atoms with Crippen LogP contribution in [0, 0.1) is 6.92 Å². The van der Waals surface area contributed by atoms with Crippen molar-refractivity contribution in [3.63, 3.8) is 0 Å². The van der Waals surface area contributed by atoms with Gasteiger partial charge in [0.1, 0.15) is 5.82 Å². The predicted molar refractivity (Wildman–Crippen MR) is 83.0 cm³/mol. The molecule has 2 aromatic rings. The van der Waals surface area contributed by atoms with Crippen LogP contribution in [0.4, 0.5) is 17.5 Å². The topological polar surface area (TPSA) is 75.9 Å². The summed E-state index contributed by atoms with van der Waals surface area (Å²) in [6.45, 7) is 8.54. The number of anilines is 3. The summed E-state index contributed by atoms with van der Waals surface area (Å²) in [5, 5.41) is 3.28. The molecule has 0 atom stereocenters. The van der Waals surface area contributed by atoms with Crippen molar-refractivity contribution in [3.8, 4) is 0 Å². The smallest absolute Gasteiger partial charge is 0.239 e. The van der Waals surface area contributed by atoms with Gasteiger partial charge in [-0.1, -0.05) is 32.9 Å². The van der Waals surface area contributed by atoms with Crippen LogP contribution >= 0.6 is 0 Å². The van der Waals surface area contributed by atoms with Gasteiger partial charge in [-0.3, -0.25) is 5.43 Å². The van der Waals surface area contributed by atoms with E-state index < -0.39 is 0 Å². The molecule has 1 aromatic carbocycles. The Hall–Kier alpha value is -2.14. The van der Waals surface area contributed by atoms with Gasteiger partial charge in [0.25, 0.3) is 0 Å². The molecule has 4 N–H and O–H groups in total. The van der Waals surface area contributed by atoms with E-state index in [1.54, 1.807) is 6.20 Å². The number of hydrazine groups is 1. The Morgan fingerprint density at radius 2 is 1.75 bits per heavy atom. The van der Waals surface area contributed by atoms with Gasteiger partial charge < -0.3 is 5.32 Å². The van der Waals surface area contributed by atoms with Crippen LogP contribution < -0.4 is 16.6 Å². The van der Waals surface area contributed by atoms with Gasteiger partial charge in [0.05, 0.1) is 0 Å². The summed E-state index contributed by atoms with van der Waals surface area (Å²) in [6.07, 6.45) is 1.73. The number of aromatic nitrogens is 2. The van der Waals surface area contributed by atoms with Crippen molar-refractivity contribution >= 4 is 17.5 Å². The third-order valence-corrected chi connectivity index (χ3v) is 3.11. The van der Waals surface area contributed by atoms with Crippen molar-refractivity contribution in [1.82, 2.24) is 9.97 Å². The summed E-state index contributed by atoms with van der Waals surface area (Å²) in [4.78, 5) is 8.36. The Kier molecular flexibility index (Phi) is 3.90. The van der Waals surface area contributed by atoms with Gasteiger partial charge in [0.2, 0.25) is 5.95 Å². The Labute approximate surface area is 119 Å². The molecule has 0 saturated heterocycles. The monoisotopic (exact) mass is 271 g/mol. The minimum absolute atomic E-state index is 0.153. The van der Waals surface area contributed by atoms with E-state index in [0.29, 0.717) is 5.95 Å². The average Bonchev–Trinajstić information content (AvgIpc) is 2.41. The molecule has 0 radical (unpaired) electrons. The van der Waals surface area contributed by atoms with Crippen molar-refractivity contribution in [2.24, 2.45) is 5.84 Å². The molecule has 0 bridgehead atoms. The normalized spacial score (nSPS) is 11.2. The molecule has 2 rings (SSSR count). The molecule has 1 aromatic heterocycles. The summed E-state index contributed by atoms with van der Waals surface area (Å²) in [6, 6.07) is 8.36. The molecule has 5 heteroatoms. The van der Waals surface area contributed by atoms with Crippen molar-refractivity contribution in [3.05, 3.63) is 41.6 Å². The third-order valence-electron chi connectivity index (χ3n) is 3.11. The van der Waals surface area contributed by atoms with Crippen LogP contribution in [0.5, 0.6) is 0 Å². The van der Waals surface area contributed by atoms with Crippen molar-refractivity contribution in [1.29, 1.82) is 0 Å². The summed E-state index contributed by atoms with van der Waals surface area (Å²) in [7, 11) is 0. The van der Waals surface area contributed by atoms with Crippen LogP contribution in [-0.4, -0.2) is 9.97 Å². The number of hydrogen-bond acceptors (Lipinski definition) is 5. The molecule has 106 valence electrons. The molecule has 0 aliphatic rings. The molecule has 20 heavy (non-hydrogen) atoms. The summed E-state index contributed by atoms with van der Waals surface area (Å²) in [5.74, 6) is 6.47. The highest BCUT2D eigenvalue weighted by Gasteiger charge is 2.13. The van der Waals surface area contributed by atoms with E-state index in [9.17, 15) is 0 Å². The van der Waals surface area contributed by atoms with Gasteiger partial charge in [-0.25, -0.2) is 10.8 Å². The number of nitrogens with zero attached hydrogens (tertiary/aromatic N) is 2. The average molecular weight is 271 g/mol. The fourth-order valence-corrected chi connectivity index (χ4v) is 1.83. The Balaban J connectivity index is 2.22. The van der Waals surface area contributed by atoms with Crippen LogP contribution in [0.1, 0.15) is 31.9 Å². The first-order valence-electron chi connectivity index (χ1n) is 6.58. The molecule has 0 aliphatic carbocycles. The van der Waals surface area contributed by atoms with Crippen molar-refractivity contribution in [2.75, 3.05) is 10.7 Å². The second kappa shape index (κ2) is 5.46. The molecule has 0 amide bonds. The highest BCUT2D eigenvalue weighted by atomic mass is 15.3. The van der Waals surface area contributed by atoms with E-state index in [0.717, 1.165) is 17.1 Å². The van der Waals surface area contributed by atoms with Crippen LogP contribution in [0.2, 0.25) is 0 Å². The molecular formula is C15H21N5. The Morgan fingerprint density at radius 1 is 1.10 bits per heavy atom. The second-order valence-corrected chi connectivity index (χ2v) is 5.82. The molecule has 0 aliphatic heterocycles. The fourth-order valence-electron chi connectivity index (χ4n) is 1.83. The van der Waals surface area contributed by atoms with Gasteiger partial charge in [-0.2, -0.15) is 4.98 Å². The van der Waals surface area contributed by atoms with E-state index >= 15 is 0 Å². The molecule has 1 heterocycles. The van der Waals surface area contributed by atoms with Gasteiger partial charge >= 0.3 is 0 Å². The molecule has 5 nitrogen and oxygen atoms in total. The SMILES string of the molecule is Cc1cnc(NN)nc1Nc1ccc(C(C)(C)C)cc1. The molecular weight excluding hydrogens is 250 g/mol. The molecule has 0 fully saturated rings. The second-order valence-electron chi connectivity index (χ2n) is 5.82. The van der Waals surface area contributed by atoms with Crippen molar-refractivity contribution < 1.29 is 0 Å². The van der Waals surface area contributed by atoms with Gasteiger partial charge in [-0.05, 0) is 30.0 Å². The molecule has 0 spiro atoms. The maximum Gasteiger partial charge on any atom is 0.239 e. The van der Waals surface area contributed by atoms with E-state index in [-0.39, 0.29) is 5.41 Å². The lowest BCUT2D eigenvalue weighted by molar-refractivity contribution is 0.590. The fraction of sp³-hybridized carbons (Fsp3) is 0.333. The standard InChI is InChI=1S/C15H21N5/c1-10-9-17-14(20-16)19-13(10)18-12-7-5-11(6-8-12)15(2,3)4/h5-9H,16H2,1-4H3,(H2,17,18,19,20). The zero-order valence-corrected chi connectivity index (χ0v) is 12.4. The Bertz CT molecular complexity index is 584. The van der Waals surface area contributed by atoms with Crippen LogP contribution in [0.3, 0.4) is 0 Å². The quantitative estimate of drug-likeness (QED) is 0.590. The lowest BCUT2D eigenvalue weighted by Gasteiger charge is -2.19. The third kappa shape index (κ3) is 3.24. The van der Waals surface area contributed by atoms with Crippen LogP contribution in [-0.2, 0) is 5.41 Å². The molecule has 0 saturated carbocycles. The number of aryl methyl sites for hydroxylation is 1. The highest BCUT2D eigenvalue weighted by molar-refractivity contribution is 5.60. The number of nitrogens with one attached hydrogen (secondary N) is 2. The maximum absolute atomic E-state index is 5.33. The van der Waals surface area contributed by atoms with E-state index in [4.69, 9.17) is 5.84 Å². The number of hydrogen-bond donors (Lipinski definition) is 3. The predicted octanol–water partition coefficient (Wildman–Crippen LogP) is 3.11. The Morgan fingerprint density at radius 3 is 2.30 bits per heavy atom. The highest BCUT2D eigenvalue weighted by Crippen LogP contribution is 2.25. The van der Waals surface area contributed by atoms with Gasteiger partial charge in [0, 0.05) is 17.4 Å². The zero-order chi connectivity index (χ0) is 14.8. The van der Waals surface area contributed by atoms with E-state index in [1.807, 2.05) is 6.92 Å². The number of nitrogen functional groups attached to an aromatic ring is 1. The molecule has 0 unspecified atom stereocenters. The van der Waals surface area contributed by atoms with Crippen LogP contribution in [0.15, 0.2) is 30.5 Å². The first-order valence-corrected chi connectivity index (χ1v) is 6.58. The number of rotatable bonds is 3. The summed E-state index contributed by atoms with van der Waals surface area (Å²) in [5.41, 5.74) is 5.85.